The third kappa shape index (κ3) is 4.98. The Morgan fingerprint density at radius 1 is 1.24 bits per heavy atom. The van der Waals surface area contributed by atoms with Crippen LogP contribution in [-0.4, -0.2) is 25.0 Å². The number of nitrogens with one attached hydrogen (secondary N) is 1. The Morgan fingerprint density at radius 2 is 1.88 bits per heavy atom. The molecule has 0 fully saturated rings. The maximum atomic E-state index is 11.2. The molecule has 0 aliphatic carbocycles. The molecule has 0 bridgehead atoms. The van der Waals surface area contributed by atoms with Crippen molar-refractivity contribution in [2.24, 2.45) is 11.5 Å². The first-order valence-electron chi connectivity index (χ1n) is 5.08. The predicted octanol–water partition coefficient (Wildman–Crippen LogP) is -0.874. The van der Waals surface area contributed by atoms with E-state index in [0.29, 0.717) is 12.3 Å². The number of primary amides is 1. The van der Waals surface area contributed by atoms with Crippen LogP contribution in [0.3, 0.4) is 0 Å². The lowest BCUT2D eigenvalue weighted by Gasteiger charge is -2.06. The van der Waals surface area contributed by atoms with Crippen LogP contribution in [0.5, 0.6) is 5.75 Å². The number of nitrogens with two attached hydrogens (primary N) is 2. The van der Waals surface area contributed by atoms with Gasteiger partial charge in [-0.1, -0.05) is 12.1 Å². The van der Waals surface area contributed by atoms with Crippen LogP contribution in [0.4, 0.5) is 0 Å². The first-order valence-corrected chi connectivity index (χ1v) is 5.08. The quantitative estimate of drug-likeness (QED) is 0.597. The minimum atomic E-state index is -0.592. The van der Waals surface area contributed by atoms with E-state index in [1.807, 2.05) is 12.1 Å². The molecular weight excluding hydrogens is 222 g/mol. The van der Waals surface area contributed by atoms with Gasteiger partial charge in [0.15, 0.2) is 6.61 Å². The fourth-order valence-electron chi connectivity index (χ4n) is 1.11. The van der Waals surface area contributed by atoms with Gasteiger partial charge in [-0.05, 0) is 17.7 Å². The molecule has 0 atom stereocenters. The Balaban J connectivity index is 2.34. The van der Waals surface area contributed by atoms with Gasteiger partial charge in [0.05, 0.1) is 6.54 Å². The number of amides is 2. The molecule has 1 aromatic rings. The fourth-order valence-corrected chi connectivity index (χ4v) is 1.11. The van der Waals surface area contributed by atoms with E-state index in [1.54, 1.807) is 12.1 Å². The van der Waals surface area contributed by atoms with Gasteiger partial charge in [-0.3, -0.25) is 9.59 Å². The zero-order chi connectivity index (χ0) is 12.7. The van der Waals surface area contributed by atoms with Crippen LogP contribution in [0.2, 0.25) is 0 Å². The summed E-state index contributed by atoms with van der Waals surface area (Å²) < 4.78 is 5.19. The molecule has 0 aromatic heterocycles. The van der Waals surface area contributed by atoms with Crippen LogP contribution in [0.15, 0.2) is 24.3 Å². The Morgan fingerprint density at radius 3 is 2.41 bits per heavy atom. The summed E-state index contributed by atoms with van der Waals surface area (Å²) in [5.74, 6) is -0.422. The molecule has 5 N–H and O–H groups in total. The molecule has 1 aromatic carbocycles. The molecule has 92 valence electrons. The zero-order valence-electron chi connectivity index (χ0n) is 9.31. The van der Waals surface area contributed by atoms with Crippen LogP contribution in [0, 0.1) is 0 Å². The summed E-state index contributed by atoms with van der Waals surface area (Å²) in [4.78, 5) is 21.6. The van der Waals surface area contributed by atoms with Crippen molar-refractivity contribution in [1.82, 2.24) is 5.32 Å². The third-order valence-electron chi connectivity index (χ3n) is 1.99. The Labute approximate surface area is 98.9 Å². The highest BCUT2D eigenvalue weighted by Crippen LogP contribution is 2.11. The lowest BCUT2D eigenvalue weighted by molar-refractivity contribution is -0.126. The van der Waals surface area contributed by atoms with Gasteiger partial charge in [-0.15, -0.1) is 0 Å². The van der Waals surface area contributed by atoms with E-state index in [1.165, 1.54) is 0 Å². The predicted molar refractivity (Wildman–Crippen MR) is 62.0 cm³/mol. The molecule has 0 spiro atoms. The second kappa shape index (κ2) is 6.49. The lowest BCUT2D eigenvalue weighted by Crippen LogP contribution is -2.36. The SMILES string of the molecule is NCc1ccc(OCC(=O)NCC(N)=O)cc1. The molecule has 0 aliphatic rings. The van der Waals surface area contributed by atoms with Gasteiger partial charge < -0.3 is 21.5 Å². The summed E-state index contributed by atoms with van der Waals surface area (Å²) in [7, 11) is 0. The molecule has 1 rings (SSSR count). The standard InChI is InChI=1S/C11H15N3O3/c12-5-8-1-3-9(4-2-8)17-7-11(16)14-6-10(13)15/h1-4H,5-7,12H2,(H2,13,15)(H,14,16). The molecule has 2 amide bonds. The number of ether oxygens (including phenoxy) is 1. The summed E-state index contributed by atoms with van der Waals surface area (Å²) in [6, 6.07) is 7.08. The van der Waals surface area contributed by atoms with Crippen molar-refractivity contribution in [3.05, 3.63) is 29.8 Å². The fraction of sp³-hybridized carbons (Fsp3) is 0.273. The second-order valence-corrected chi connectivity index (χ2v) is 3.38. The molecule has 0 aliphatic heterocycles. The van der Waals surface area contributed by atoms with Crippen LogP contribution in [0.25, 0.3) is 0 Å². The minimum absolute atomic E-state index is 0.157. The molecule has 0 saturated heterocycles. The van der Waals surface area contributed by atoms with E-state index < -0.39 is 11.8 Å². The smallest absolute Gasteiger partial charge is 0.258 e. The third-order valence-corrected chi connectivity index (χ3v) is 1.99. The number of carbonyl (C=O) groups is 2. The first kappa shape index (κ1) is 13.0. The molecule has 0 heterocycles. The van der Waals surface area contributed by atoms with Crippen molar-refractivity contribution in [3.63, 3.8) is 0 Å². The largest absolute Gasteiger partial charge is 0.484 e. The number of rotatable bonds is 6. The van der Waals surface area contributed by atoms with Gasteiger partial charge in [-0.2, -0.15) is 0 Å². The summed E-state index contributed by atoms with van der Waals surface area (Å²) in [6.45, 7) is 0.114. The maximum absolute atomic E-state index is 11.2. The normalized spacial score (nSPS) is 9.71. The number of hydrogen-bond acceptors (Lipinski definition) is 4. The van der Waals surface area contributed by atoms with Crippen molar-refractivity contribution in [3.8, 4) is 5.75 Å². The Hall–Kier alpha value is -2.08. The van der Waals surface area contributed by atoms with Gasteiger partial charge in [0.2, 0.25) is 5.91 Å². The van der Waals surface area contributed by atoms with E-state index in [2.05, 4.69) is 5.32 Å². The van der Waals surface area contributed by atoms with E-state index in [9.17, 15) is 9.59 Å². The highest BCUT2D eigenvalue weighted by atomic mass is 16.5. The molecule has 0 radical (unpaired) electrons. The Kier molecular flexibility index (Phi) is 4.96. The van der Waals surface area contributed by atoms with Crippen LogP contribution >= 0.6 is 0 Å². The van der Waals surface area contributed by atoms with Crippen LogP contribution in [0.1, 0.15) is 5.56 Å². The second-order valence-electron chi connectivity index (χ2n) is 3.38. The minimum Gasteiger partial charge on any atom is -0.484 e. The van der Waals surface area contributed by atoms with Crippen molar-refractivity contribution >= 4 is 11.8 Å². The van der Waals surface area contributed by atoms with E-state index in [0.717, 1.165) is 5.56 Å². The number of benzene rings is 1. The van der Waals surface area contributed by atoms with E-state index >= 15 is 0 Å². The highest BCUT2D eigenvalue weighted by Gasteiger charge is 2.03. The number of carbonyl (C=O) groups excluding carboxylic acids is 2. The van der Waals surface area contributed by atoms with Gasteiger partial charge in [0.25, 0.3) is 5.91 Å². The van der Waals surface area contributed by atoms with Crippen molar-refractivity contribution in [1.29, 1.82) is 0 Å². The number of hydrogen-bond donors (Lipinski definition) is 3. The molecule has 6 nitrogen and oxygen atoms in total. The molecule has 0 saturated carbocycles. The van der Waals surface area contributed by atoms with Crippen LogP contribution < -0.4 is 21.5 Å². The topological polar surface area (TPSA) is 107 Å². The molecule has 6 heteroatoms. The maximum Gasteiger partial charge on any atom is 0.258 e. The summed E-state index contributed by atoms with van der Waals surface area (Å²) in [5, 5.41) is 2.32. The van der Waals surface area contributed by atoms with E-state index in [4.69, 9.17) is 16.2 Å². The summed E-state index contributed by atoms with van der Waals surface area (Å²) in [6.07, 6.45) is 0. The molecule has 0 unspecified atom stereocenters. The monoisotopic (exact) mass is 237 g/mol. The van der Waals surface area contributed by atoms with Gasteiger partial charge in [0, 0.05) is 6.54 Å². The summed E-state index contributed by atoms with van der Waals surface area (Å²) in [5.41, 5.74) is 11.3. The van der Waals surface area contributed by atoms with Gasteiger partial charge in [0.1, 0.15) is 5.75 Å². The first-order chi connectivity index (χ1) is 8.11. The average molecular weight is 237 g/mol. The van der Waals surface area contributed by atoms with Crippen molar-refractivity contribution < 1.29 is 14.3 Å². The Bertz CT molecular complexity index is 389. The lowest BCUT2D eigenvalue weighted by atomic mass is 10.2. The average Bonchev–Trinajstić information content (AvgIpc) is 2.34. The summed E-state index contributed by atoms with van der Waals surface area (Å²) >= 11 is 0. The van der Waals surface area contributed by atoms with E-state index in [-0.39, 0.29) is 13.2 Å². The van der Waals surface area contributed by atoms with Crippen LogP contribution in [-0.2, 0) is 16.1 Å². The van der Waals surface area contributed by atoms with Gasteiger partial charge in [-0.25, -0.2) is 0 Å². The highest BCUT2D eigenvalue weighted by molar-refractivity contribution is 5.84. The molecular formula is C11H15N3O3. The van der Waals surface area contributed by atoms with Crippen molar-refractivity contribution in [2.45, 2.75) is 6.54 Å². The zero-order valence-corrected chi connectivity index (χ0v) is 9.31. The molecule has 17 heavy (non-hydrogen) atoms. The van der Waals surface area contributed by atoms with Gasteiger partial charge >= 0.3 is 0 Å². The van der Waals surface area contributed by atoms with Crippen molar-refractivity contribution in [2.75, 3.05) is 13.2 Å².